The highest BCUT2D eigenvalue weighted by molar-refractivity contribution is 6.03. The van der Waals surface area contributed by atoms with E-state index in [1.807, 2.05) is 6.92 Å². The third-order valence-electron chi connectivity index (χ3n) is 2.72. The molecule has 4 nitrogen and oxygen atoms in total. The highest BCUT2D eigenvalue weighted by Gasteiger charge is 2.42. The molecule has 1 aromatic rings. The van der Waals surface area contributed by atoms with Crippen LogP contribution in [0.1, 0.15) is 29.3 Å². The number of ketones is 1. The summed E-state index contributed by atoms with van der Waals surface area (Å²) in [6.45, 7) is 3.29. The van der Waals surface area contributed by atoms with E-state index in [0.29, 0.717) is 11.3 Å². The van der Waals surface area contributed by atoms with Crippen LogP contribution in [0.3, 0.4) is 0 Å². The zero-order valence-electron chi connectivity index (χ0n) is 9.11. The number of ether oxygens (including phenoxy) is 1. The number of carboxylic acid groups (broad SMARTS) is 1. The quantitative estimate of drug-likeness (QED) is 0.783. The fourth-order valence-corrected chi connectivity index (χ4v) is 1.75. The average molecular weight is 220 g/mol. The maximum Gasteiger partial charge on any atom is 0.348 e. The van der Waals surface area contributed by atoms with Gasteiger partial charge in [0.05, 0.1) is 12.0 Å². The van der Waals surface area contributed by atoms with E-state index in [2.05, 4.69) is 0 Å². The zero-order chi connectivity index (χ0) is 11.9. The van der Waals surface area contributed by atoms with Crippen LogP contribution >= 0.6 is 0 Å². The molecule has 0 fully saturated rings. The summed E-state index contributed by atoms with van der Waals surface area (Å²) in [7, 11) is 0. The van der Waals surface area contributed by atoms with Gasteiger partial charge in [0.15, 0.2) is 5.78 Å². The Hall–Kier alpha value is -1.84. The van der Waals surface area contributed by atoms with Crippen LogP contribution in [0.15, 0.2) is 18.2 Å². The second kappa shape index (κ2) is 3.33. The van der Waals surface area contributed by atoms with Gasteiger partial charge in [-0.2, -0.15) is 0 Å². The first kappa shape index (κ1) is 10.7. The number of fused-ring (bicyclic) bond motifs is 1. The van der Waals surface area contributed by atoms with Crippen LogP contribution in [-0.4, -0.2) is 22.5 Å². The van der Waals surface area contributed by atoms with Crippen molar-refractivity contribution < 1.29 is 19.4 Å². The number of hydrogen-bond donors (Lipinski definition) is 1. The predicted molar refractivity (Wildman–Crippen MR) is 56.8 cm³/mol. The van der Waals surface area contributed by atoms with Crippen LogP contribution in [0, 0.1) is 6.92 Å². The first-order valence-electron chi connectivity index (χ1n) is 4.99. The molecule has 0 amide bonds. The SMILES string of the molecule is Cc1ccc2c(c1)C(=O)CC(C)(C(=O)O)O2. The molecule has 1 unspecified atom stereocenters. The molecule has 0 radical (unpaired) electrons. The average Bonchev–Trinajstić information content (AvgIpc) is 2.19. The van der Waals surface area contributed by atoms with Crippen molar-refractivity contribution >= 4 is 11.8 Å². The van der Waals surface area contributed by atoms with E-state index in [4.69, 9.17) is 9.84 Å². The summed E-state index contributed by atoms with van der Waals surface area (Å²) in [5.41, 5.74) is -0.0207. The summed E-state index contributed by atoms with van der Waals surface area (Å²) >= 11 is 0. The molecule has 0 aliphatic carbocycles. The van der Waals surface area contributed by atoms with Crippen molar-refractivity contribution in [1.82, 2.24) is 0 Å². The predicted octanol–water partition coefficient (Wildman–Crippen LogP) is 1.80. The Morgan fingerprint density at radius 3 is 2.81 bits per heavy atom. The Balaban J connectivity index is 2.49. The fraction of sp³-hybridized carbons (Fsp3) is 0.333. The van der Waals surface area contributed by atoms with Gasteiger partial charge in [0.2, 0.25) is 5.60 Å². The Morgan fingerprint density at radius 1 is 1.50 bits per heavy atom. The van der Waals surface area contributed by atoms with Crippen LogP contribution in [-0.2, 0) is 4.79 Å². The molecule has 1 aliphatic rings. The molecule has 2 rings (SSSR count). The van der Waals surface area contributed by atoms with Gasteiger partial charge in [-0.3, -0.25) is 4.79 Å². The molecule has 1 heterocycles. The summed E-state index contributed by atoms with van der Waals surface area (Å²) in [5.74, 6) is -0.950. The van der Waals surface area contributed by atoms with Gasteiger partial charge in [-0.15, -0.1) is 0 Å². The Bertz CT molecular complexity index is 478. The van der Waals surface area contributed by atoms with Gasteiger partial charge in [0.1, 0.15) is 5.75 Å². The van der Waals surface area contributed by atoms with Crippen LogP contribution in [0.5, 0.6) is 5.75 Å². The maximum absolute atomic E-state index is 11.8. The Kier molecular flexibility index (Phi) is 2.22. The molecule has 1 N–H and O–H groups in total. The monoisotopic (exact) mass is 220 g/mol. The lowest BCUT2D eigenvalue weighted by Gasteiger charge is -2.31. The number of rotatable bonds is 1. The highest BCUT2D eigenvalue weighted by Crippen LogP contribution is 2.33. The molecule has 1 aromatic carbocycles. The van der Waals surface area contributed by atoms with Crippen molar-refractivity contribution in [2.75, 3.05) is 0 Å². The van der Waals surface area contributed by atoms with E-state index in [9.17, 15) is 9.59 Å². The molecular weight excluding hydrogens is 208 g/mol. The number of aliphatic carboxylic acids is 1. The minimum absolute atomic E-state index is 0.126. The van der Waals surface area contributed by atoms with Gasteiger partial charge in [-0.25, -0.2) is 4.79 Å². The summed E-state index contributed by atoms with van der Waals surface area (Å²) in [6, 6.07) is 5.15. The maximum atomic E-state index is 11.8. The normalized spacial score (nSPS) is 23.5. The third-order valence-corrected chi connectivity index (χ3v) is 2.72. The molecule has 1 atom stereocenters. The van der Waals surface area contributed by atoms with Crippen molar-refractivity contribution in [2.45, 2.75) is 25.9 Å². The fourth-order valence-electron chi connectivity index (χ4n) is 1.75. The van der Waals surface area contributed by atoms with Gasteiger partial charge in [0, 0.05) is 0 Å². The molecule has 0 bridgehead atoms. The van der Waals surface area contributed by atoms with E-state index in [1.54, 1.807) is 18.2 Å². The summed E-state index contributed by atoms with van der Waals surface area (Å²) in [4.78, 5) is 22.8. The van der Waals surface area contributed by atoms with Gasteiger partial charge in [-0.05, 0) is 26.0 Å². The van der Waals surface area contributed by atoms with Gasteiger partial charge in [-0.1, -0.05) is 11.6 Å². The van der Waals surface area contributed by atoms with Crippen molar-refractivity contribution in [1.29, 1.82) is 0 Å². The molecule has 0 saturated carbocycles. The number of carbonyl (C=O) groups is 2. The third kappa shape index (κ3) is 1.56. The van der Waals surface area contributed by atoms with E-state index >= 15 is 0 Å². The van der Waals surface area contributed by atoms with E-state index in [-0.39, 0.29) is 12.2 Å². The molecule has 4 heteroatoms. The standard InChI is InChI=1S/C12H12O4/c1-7-3-4-10-8(5-7)9(13)6-12(2,16-10)11(14)15/h3-5H,6H2,1-2H3,(H,14,15). The first-order valence-corrected chi connectivity index (χ1v) is 4.99. The Labute approximate surface area is 92.8 Å². The minimum atomic E-state index is -1.45. The van der Waals surface area contributed by atoms with Crippen LogP contribution in [0.4, 0.5) is 0 Å². The number of benzene rings is 1. The van der Waals surface area contributed by atoms with Crippen LogP contribution < -0.4 is 4.74 Å². The lowest BCUT2D eigenvalue weighted by molar-refractivity contribution is -0.154. The highest BCUT2D eigenvalue weighted by atomic mass is 16.5. The lowest BCUT2D eigenvalue weighted by Crippen LogP contribution is -2.46. The number of carbonyl (C=O) groups excluding carboxylic acids is 1. The van der Waals surface area contributed by atoms with Crippen molar-refractivity contribution in [3.05, 3.63) is 29.3 Å². The van der Waals surface area contributed by atoms with Gasteiger partial charge >= 0.3 is 5.97 Å². The second-order valence-electron chi connectivity index (χ2n) is 4.24. The van der Waals surface area contributed by atoms with E-state index in [0.717, 1.165) is 5.56 Å². The number of carboxylic acids is 1. The minimum Gasteiger partial charge on any atom is -0.478 e. The Morgan fingerprint density at radius 2 is 2.19 bits per heavy atom. The summed E-state index contributed by atoms with van der Waals surface area (Å²) in [5, 5.41) is 9.02. The van der Waals surface area contributed by atoms with Crippen molar-refractivity contribution in [3.63, 3.8) is 0 Å². The first-order chi connectivity index (χ1) is 7.42. The topological polar surface area (TPSA) is 63.6 Å². The molecule has 0 saturated heterocycles. The number of Topliss-reactive ketones (excluding diaryl/α,β-unsaturated/α-hetero) is 1. The molecule has 1 aliphatic heterocycles. The molecule has 0 aromatic heterocycles. The summed E-state index contributed by atoms with van der Waals surface area (Å²) < 4.78 is 5.39. The van der Waals surface area contributed by atoms with Gasteiger partial charge < -0.3 is 9.84 Å². The summed E-state index contributed by atoms with van der Waals surface area (Å²) in [6.07, 6.45) is -0.126. The van der Waals surface area contributed by atoms with Crippen LogP contribution in [0.2, 0.25) is 0 Å². The number of aryl methyl sites for hydroxylation is 1. The zero-order valence-corrected chi connectivity index (χ0v) is 9.11. The number of hydrogen-bond acceptors (Lipinski definition) is 3. The van der Waals surface area contributed by atoms with Gasteiger partial charge in [0.25, 0.3) is 0 Å². The largest absolute Gasteiger partial charge is 0.478 e. The van der Waals surface area contributed by atoms with Crippen molar-refractivity contribution in [2.24, 2.45) is 0 Å². The lowest BCUT2D eigenvalue weighted by atomic mass is 9.91. The van der Waals surface area contributed by atoms with E-state index in [1.165, 1.54) is 6.92 Å². The smallest absolute Gasteiger partial charge is 0.348 e. The van der Waals surface area contributed by atoms with Crippen LogP contribution in [0.25, 0.3) is 0 Å². The molecule has 84 valence electrons. The van der Waals surface area contributed by atoms with Crippen molar-refractivity contribution in [3.8, 4) is 5.75 Å². The molecule has 0 spiro atoms. The van der Waals surface area contributed by atoms with E-state index < -0.39 is 11.6 Å². The molecule has 16 heavy (non-hydrogen) atoms. The molecular formula is C12H12O4. The second-order valence-corrected chi connectivity index (χ2v) is 4.24.